The summed E-state index contributed by atoms with van der Waals surface area (Å²) in [5, 5.41) is 10.2. The first-order chi connectivity index (χ1) is 9.72. The molecule has 1 aliphatic heterocycles. The van der Waals surface area contributed by atoms with Crippen molar-refractivity contribution in [2.75, 3.05) is 26.2 Å². The van der Waals surface area contributed by atoms with E-state index in [-0.39, 0.29) is 0 Å². The van der Waals surface area contributed by atoms with Crippen molar-refractivity contribution in [3.8, 4) is 0 Å². The summed E-state index contributed by atoms with van der Waals surface area (Å²) >= 11 is 6.01. The summed E-state index contributed by atoms with van der Waals surface area (Å²) in [5.41, 5.74) is 1.78. The summed E-state index contributed by atoms with van der Waals surface area (Å²) in [6.45, 7) is 3.73. The molecule has 1 aromatic rings. The van der Waals surface area contributed by atoms with Crippen molar-refractivity contribution in [2.45, 2.75) is 37.5 Å². The highest BCUT2D eigenvalue weighted by Gasteiger charge is 2.40. The number of likely N-dealkylation sites (tertiary alicyclic amines) is 1. The molecule has 3 heteroatoms. The monoisotopic (exact) mass is 293 g/mol. The molecule has 0 aromatic heterocycles. The highest BCUT2D eigenvalue weighted by molar-refractivity contribution is 6.30. The molecule has 110 valence electrons. The summed E-state index contributed by atoms with van der Waals surface area (Å²) in [5.74, 6) is 0.478. The molecular formula is C17H24ClNO. The molecule has 20 heavy (non-hydrogen) atoms. The van der Waals surface area contributed by atoms with Crippen molar-refractivity contribution in [1.29, 1.82) is 0 Å². The van der Waals surface area contributed by atoms with Gasteiger partial charge in [-0.3, -0.25) is 0 Å². The van der Waals surface area contributed by atoms with Gasteiger partial charge in [0.25, 0.3) is 0 Å². The fraction of sp³-hybridized carbons (Fsp3) is 0.647. The van der Waals surface area contributed by atoms with E-state index in [2.05, 4.69) is 17.0 Å². The van der Waals surface area contributed by atoms with Crippen molar-refractivity contribution < 1.29 is 5.11 Å². The van der Waals surface area contributed by atoms with Crippen molar-refractivity contribution in [3.63, 3.8) is 0 Å². The Bertz CT molecular complexity index is 441. The van der Waals surface area contributed by atoms with E-state index in [4.69, 9.17) is 11.6 Å². The van der Waals surface area contributed by atoms with Gasteiger partial charge in [0.05, 0.1) is 0 Å². The highest BCUT2D eigenvalue weighted by Crippen LogP contribution is 2.45. The van der Waals surface area contributed by atoms with Gasteiger partial charge >= 0.3 is 0 Å². The maximum absolute atomic E-state index is 9.38. The number of halogens is 1. The quantitative estimate of drug-likeness (QED) is 0.919. The Balaban J connectivity index is 1.71. The van der Waals surface area contributed by atoms with Crippen molar-refractivity contribution in [1.82, 2.24) is 4.90 Å². The van der Waals surface area contributed by atoms with Crippen LogP contribution in [0.4, 0.5) is 0 Å². The first kappa shape index (κ1) is 14.4. The van der Waals surface area contributed by atoms with Gasteiger partial charge < -0.3 is 10.0 Å². The zero-order valence-electron chi connectivity index (χ0n) is 12.0. The Morgan fingerprint density at radius 2 is 1.95 bits per heavy atom. The topological polar surface area (TPSA) is 23.5 Å². The van der Waals surface area contributed by atoms with Crippen LogP contribution in [0.1, 0.15) is 37.7 Å². The van der Waals surface area contributed by atoms with E-state index in [9.17, 15) is 5.11 Å². The normalized spacial score (nSPS) is 26.2. The van der Waals surface area contributed by atoms with Gasteiger partial charge in [-0.25, -0.2) is 0 Å². The van der Waals surface area contributed by atoms with Crippen molar-refractivity contribution >= 4 is 11.6 Å². The van der Waals surface area contributed by atoms with E-state index in [1.165, 1.54) is 44.2 Å². The van der Waals surface area contributed by atoms with Crippen LogP contribution in [0.25, 0.3) is 0 Å². The van der Waals surface area contributed by atoms with E-state index >= 15 is 0 Å². The van der Waals surface area contributed by atoms with Gasteiger partial charge in [0, 0.05) is 30.1 Å². The molecule has 1 aromatic carbocycles. The summed E-state index contributed by atoms with van der Waals surface area (Å²) in [6.07, 6.45) is 6.31. The molecule has 0 radical (unpaired) electrons. The van der Waals surface area contributed by atoms with Crippen LogP contribution >= 0.6 is 11.6 Å². The second-order valence-corrected chi connectivity index (χ2v) is 7.00. The number of benzene rings is 1. The molecule has 0 amide bonds. The largest absolute Gasteiger partial charge is 0.396 e. The summed E-state index contributed by atoms with van der Waals surface area (Å²) < 4.78 is 0. The fourth-order valence-electron chi connectivity index (χ4n) is 3.82. The van der Waals surface area contributed by atoms with Gasteiger partial charge in [0.2, 0.25) is 0 Å². The first-order valence-corrected chi connectivity index (χ1v) is 8.19. The Morgan fingerprint density at radius 3 is 2.55 bits per heavy atom. The van der Waals surface area contributed by atoms with Crippen molar-refractivity contribution in [2.24, 2.45) is 5.92 Å². The van der Waals surface area contributed by atoms with E-state index in [1.807, 2.05) is 12.1 Å². The van der Waals surface area contributed by atoms with Crippen LogP contribution in [0.15, 0.2) is 24.3 Å². The summed E-state index contributed by atoms with van der Waals surface area (Å²) in [6, 6.07) is 8.44. The molecule has 1 saturated heterocycles. The third-order valence-electron chi connectivity index (χ3n) is 5.15. The van der Waals surface area contributed by atoms with Gasteiger partial charge in [0.1, 0.15) is 0 Å². The second-order valence-electron chi connectivity index (χ2n) is 6.57. The lowest BCUT2D eigenvalue weighted by molar-refractivity contribution is 0.0769. The number of hydrogen-bond donors (Lipinski definition) is 1. The number of rotatable bonds is 4. The Hall–Kier alpha value is -0.570. The third kappa shape index (κ3) is 2.88. The van der Waals surface area contributed by atoms with Crippen molar-refractivity contribution in [3.05, 3.63) is 34.9 Å². The lowest BCUT2D eigenvalue weighted by Gasteiger charge is -2.47. The minimum Gasteiger partial charge on any atom is -0.396 e. The predicted molar refractivity (Wildman–Crippen MR) is 83.2 cm³/mol. The van der Waals surface area contributed by atoms with Crippen LogP contribution in [0.2, 0.25) is 5.02 Å². The molecule has 1 heterocycles. The molecule has 1 saturated carbocycles. The average molecular weight is 294 g/mol. The summed E-state index contributed by atoms with van der Waals surface area (Å²) in [4.78, 5) is 2.57. The maximum Gasteiger partial charge on any atom is 0.0471 e. The number of hydrogen-bond acceptors (Lipinski definition) is 2. The van der Waals surface area contributed by atoms with Gasteiger partial charge in [-0.05, 0) is 55.8 Å². The van der Waals surface area contributed by atoms with Gasteiger partial charge in [-0.2, -0.15) is 0 Å². The number of nitrogens with zero attached hydrogens (tertiary/aromatic N) is 1. The smallest absolute Gasteiger partial charge is 0.0471 e. The van der Waals surface area contributed by atoms with E-state index in [1.54, 1.807) is 0 Å². The van der Waals surface area contributed by atoms with Crippen LogP contribution in [0.3, 0.4) is 0 Å². The van der Waals surface area contributed by atoms with E-state index in [0.29, 0.717) is 17.9 Å². The number of aliphatic hydroxyl groups excluding tert-OH is 1. The molecule has 2 fully saturated rings. The SMILES string of the molecule is OCC1CCCN(CC2(c3ccc(Cl)cc3)CCC2)C1. The van der Waals surface area contributed by atoms with Crippen LogP contribution in [-0.2, 0) is 5.41 Å². The molecule has 1 atom stereocenters. The van der Waals surface area contributed by atoms with Crippen LogP contribution in [0.5, 0.6) is 0 Å². The fourth-order valence-corrected chi connectivity index (χ4v) is 3.94. The highest BCUT2D eigenvalue weighted by atomic mass is 35.5. The molecule has 2 aliphatic rings. The molecule has 1 N–H and O–H groups in total. The second kappa shape index (κ2) is 6.05. The maximum atomic E-state index is 9.38. The van der Waals surface area contributed by atoms with E-state index in [0.717, 1.165) is 18.1 Å². The summed E-state index contributed by atoms with van der Waals surface area (Å²) in [7, 11) is 0. The van der Waals surface area contributed by atoms with Crippen LogP contribution < -0.4 is 0 Å². The number of aliphatic hydroxyl groups is 1. The molecule has 0 spiro atoms. The molecule has 1 aliphatic carbocycles. The third-order valence-corrected chi connectivity index (χ3v) is 5.41. The first-order valence-electron chi connectivity index (χ1n) is 7.81. The van der Waals surface area contributed by atoms with Gasteiger partial charge in [-0.1, -0.05) is 30.2 Å². The van der Waals surface area contributed by atoms with Gasteiger partial charge in [-0.15, -0.1) is 0 Å². The molecule has 1 unspecified atom stereocenters. The molecule has 0 bridgehead atoms. The standard InChI is InChI=1S/C17H24ClNO/c18-16-6-4-15(5-7-16)17(8-2-9-17)13-19-10-1-3-14(11-19)12-20/h4-7,14,20H,1-3,8-13H2. The molecule has 2 nitrogen and oxygen atoms in total. The minimum absolute atomic E-state index is 0.335. The lowest BCUT2D eigenvalue weighted by atomic mass is 9.64. The zero-order chi connectivity index (χ0) is 14.0. The Labute approximate surface area is 126 Å². The zero-order valence-corrected chi connectivity index (χ0v) is 12.8. The van der Waals surface area contributed by atoms with Crippen LogP contribution in [0, 0.1) is 5.92 Å². The Kier molecular flexibility index (Phi) is 4.34. The Morgan fingerprint density at radius 1 is 1.20 bits per heavy atom. The van der Waals surface area contributed by atoms with E-state index < -0.39 is 0 Å². The predicted octanol–water partition coefficient (Wildman–Crippen LogP) is 3.47. The molecular weight excluding hydrogens is 270 g/mol. The molecule has 3 rings (SSSR count). The average Bonchev–Trinajstić information content (AvgIpc) is 2.44. The number of piperidine rings is 1. The van der Waals surface area contributed by atoms with Gasteiger partial charge in [0.15, 0.2) is 0 Å². The van der Waals surface area contributed by atoms with Crippen LogP contribution in [-0.4, -0.2) is 36.2 Å². The minimum atomic E-state index is 0.335. The lowest BCUT2D eigenvalue weighted by Crippen LogP contribution is -2.49.